The number of aromatic nitrogens is 1. The third kappa shape index (κ3) is 3.86. The van der Waals surface area contributed by atoms with Crippen LogP contribution in [0.3, 0.4) is 0 Å². The van der Waals surface area contributed by atoms with Crippen molar-refractivity contribution in [1.82, 2.24) is 9.29 Å². The Morgan fingerprint density at radius 3 is 2.77 bits per heavy atom. The Labute approximate surface area is 153 Å². The van der Waals surface area contributed by atoms with Crippen molar-refractivity contribution in [3.8, 4) is 0 Å². The second kappa shape index (κ2) is 7.43. The predicted molar refractivity (Wildman–Crippen MR) is 100 cm³/mol. The summed E-state index contributed by atoms with van der Waals surface area (Å²) < 4.78 is 27.4. The van der Waals surface area contributed by atoms with Crippen LogP contribution in [-0.4, -0.2) is 36.2 Å². The smallest absolute Gasteiger partial charge is 0.255 e. The van der Waals surface area contributed by atoms with E-state index < -0.39 is 15.9 Å². The highest BCUT2D eigenvalue weighted by Gasteiger charge is 2.31. The molecule has 0 radical (unpaired) electrons. The van der Waals surface area contributed by atoms with Gasteiger partial charge in [0.2, 0.25) is 10.0 Å². The number of pyridine rings is 1. The summed E-state index contributed by atoms with van der Waals surface area (Å²) in [6.45, 7) is 2.43. The molecule has 1 aromatic carbocycles. The zero-order chi connectivity index (χ0) is 18.7. The number of nitrogen functional groups attached to an aromatic ring is 1. The first-order valence-corrected chi connectivity index (χ1v) is 9.97. The molecular formula is C18H22N4O3S. The highest BCUT2D eigenvalue weighted by Crippen LogP contribution is 2.25. The molecule has 1 amide bonds. The number of anilines is 2. The number of nitrogens with two attached hydrogens (primary N) is 1. The molecule has 0 spiro atoms. The van der Waals surface area contributed by atoms with E-state index in [1.807, 2.05) is 6.92 Å². The number of rotatable bonds is 4. The summed E-state index contributed by atoms with van der Waals surface area (Å²) in [6, 6.07) is 9.28. The van der Waals surface area contributed by atoms with Crippen molar-refractivity contribution in [1.29, 1.82) is 0 Å². The molecule has 0 saturated carbocycles. The number of hydrogen-bond donors (Lipinski definition) is 2. The van der Waals surface area contributed by atoms with Crippen LogP contribution in [0.1, 0.15) is 36.5 Å². The fraction of sp³-hybridized carbons (Fsp3) is 0.333. The minimum Gasteiger partial charge on any atom is -0.384 e. The van der Waals surface area contributed by atoms with Crippen LogP contribution in [0.25, 0.3) is 0 Å². The molecule has 26 heavy (non-hydrogen) atoms. The van der Waals surface area contributed by atoms with Crippen LogP contribution in [0.2, 0.25) is 0 Å². The number of piperidine rings is 1. The second-order valence-electron chi connectivity index (χ2n) is 6.41. The van der Waals surface area contributed by atoms with E-state index in [-0.39, 0.29) is 16.5 Å². The van der Waals surface area contributed by atoms with E-state index in [1.54, 1.807) is 24.3 Å². The third-order valence-electron chi connectivity index (χ3n) is 4.49. The van der Waals surface area contributed by atoms with Gasteiger partial charge in [-0.15, -0.1) is 0 Å². The van der Waals surface area contributed by atoms with Gasteiger partial charge >= 0.3 is 0 Å². The van der Waals surface area contributed by atoms with E-state index in [9.17, 15) is 13.2 Å². The average Bonchev–Trinajstić information content (AvgIpc) is 2.64. The molecule has 2 heterocycles. The molecule has 3 N–H and O–H groups in total. The Hall–Kier alpha value is -2.45. The van der Waals surface area contributed by atoms with E-state index in [1.165, 1.54) is 22.6 Å². The molecule has 138 valence electrons. The first-order valence-electron chi connectivity index (χ1n) is 8.53. The molecule has 2 aromatic rings. The predicted octanol–water partition coefficient (Wildman–Crippen LogP) is 2.48. The van der Waals surface area contributed by atoms with Crippen molar-refractivity contribution in [3.05, 3.63) is 48.2 Å². The van der Waals surface area contributed by atoms with Gasteiger partial charge in [-0.05, 0) is 50.1 Å². The Balaban J connectivity index is 1.83. The van der Waals surface area contributed by atoms with Crippen molar-refractivity contribution >= 4 is 27.4 Å². The van der Waals surface area contributed by atoms with Gasteiger partial charge in [-0.25, -0.2) is 13.4 Å². The summed E-state index contributed by atoms with van der Waals surface area (Å²) in [4.78, 5) is 16.5. The minimum atomic E-state index is -3.62. The van der Waals surface area contributed by atoms with Crippen molar-refractivity contribution in [2.45, 2.75) is 37.1 Å². The van der Waals surface area contributed by atoms with Crippen LogP contribution < -0.4 is 11.1 Å². The molecule has 1 atom stereocenters. The lowest BCUT2D eigenvalue weighted by Crippen LogP contribution is -2.41. The molecule has 3 rings (SSSR count). The summed E-state index contributed by atoms with van der Waals surface area (Å²) >= 11 is 0. The highest BCUT2D eigenvalue weighted by atomic mass is 32.2. The first kappa shape index (κ1) is 18.3. The Morgan fingerprint density at radius 2 is 2.08 bits per heavy atom. The van der Waals surface area contributed by atoms with Crippen LogP contribution in [-0.2, 0) is 10.0 Å². The minimum absolute atomic E-state index is 0.0351. The summed E-state index contributed by atoms with van der Waals surface area (Å²) in [7, 11) is -3.62. The largest absolute Gasteiger partial charge is 0.384 e. The fourth-order valence-corrected chi connectivity index (χ4v) is 4.79. The molecule has 1 aliphatic rings. The number of hydrogen-bond acceptors (Lipinski definition) is 5. The molecule has 1 unspecified atom stereocenters. The molecule has 0 bridgehead atoms. The summed E-state index contributed by atoms with van der Waals surface area (Å²) in [5.41, 5.74) is 6.28. The van der Waals surface area contributed by atoms with Crippen LogP contribution in [0, 0.1) is 0 Å². The molecule has 0 aliphatic carbocycles. The molecule has 1 fully saturated rings. The normalized spacial score (nSPS) is 18.4. The van der Waals surface area contributed by atoms with Crippen molar-refractivity contribution in [2.75, 3.05) is 17.6 Å². The van der Waals surface area contributed by atoms with Crippen LogP contribution in [0.15, 0.2) is 47.5 Å². The molecule has 1 aromatic heterocycles. The zero-order valence-corrected chi connectivity index (χ0v) is 15.4. The monoisotopic (exact) mass is 374 g/mol. The standard InChI is InChI=1S/C18H22N4O3S/c1-13-5-2-3-10-22(13)26(24,25)16-7-4-6-14(11-16)18(23)21-15-8-9-17(19)20-12-15/h4,6-9,11-13H,2-3,5,10H2,1H3,(H2,19,20)(H,21,23). The molecule has 1 saturated heterocycles. The summed E-state index contributed by atoms with van der Waals surface area (Å²) in [5, 5.41) is 2.69. The van der Waals surface area contributed by atoms with Gasteiger partial charge in [-0.2, -0.15) is 4.31 Å². The van der Waals surface area contributed by atoms with E-state index in [2.05, 4.69) is 10.3 Å². The van der Waals surface area contributed by atoms with Gasteiger partial charge < -0.3 is 11.1 Å². The Bertz CT molecular complexity index is 897. The van der Waals surface area contributed by atoms with Crippen molar-refractivity contribution < 1.29 is 13.2 Å². The maximum Gasteiger partial charge on any atom is 0.255 e. The third-order valence-corrected chi connectivity index (χ3v) is 6.50. The van der Waals surface area contributed by atoms with E-state index in [4.69, 9.17) is 5.73 Å². The number of nitrogens with zero attached hydrogens (tertiary/aromatic N) is 2. The Kier molecular flexibility index (Phi) is 5.24. The van der Waals surface area contributed by atoms with Gasteiger partial charge in [-0.3, -0.25) is 4.79 Å². The lowest BCUT2D eigenvalue weighted by atomic mass is 10.1. The van der Waals surface area contributed by atoms with Gasteiger partial charge in [-0.1, -0.05) is 12.5 Å². The van der Waals surface area contributed by atoms with Crippen molar-refractivity contribution in [3.63, 3.8) is 0 Å². The second-order valence-corrected chi connectivity index (χ2v) is 8.30. The van der Waals surface area contributed by atoms with Gasteiger partial charge in [0.25, 0.3) is 5.91 Å². The fourth-order valence-electron chi connectivity index (χ4n) is 3.04. The van der Waals surface area contributed by atoms with E-state index >= 15 is 0 Å². The molecular weight excluding hydrogens is 352 g/mol. The average molecular weight is 374 g/mol. The highest BCUT2D eigenvalue weighted by molar-refractivity contribution is 7.89. The summed E-state index contributed by atoms with van der Waals surface area (Å²) in [6.07, 6.45) is 4.19. The van der Waals surface area contributed by atoms with Gasteiger partial charge in [0.1, 0.15) is 5.82 Å². The number of carbonyl (C=O) groups excluding carboxylic acids is 1. The van der Waals surface area contributed by atoms with Gasteiger partial charge in [0, 0.05) is 18.2 Å². The van der Waals surface area contributed by atoms with Crippen molar-refractivity contribution in [2.24, 2.45) is 0 Å². The number of benzene rings is 1. The number of carbonyl (C=O) groups is 1. The molecule has 8 heteroatoms. The number of amides is 1. The van der Waals surface area contributed by atoms with Crippen LogP contribution in [0.4, 0.5) is 11.5 Å². The van der Waals surface area contributed by atoms with Gasteiger partial charge in [0.05, 0.1) is 16.8 Å². The summed E-state index contributed by atoms with van der Waals surface area (Å²) in [5.74, 6) is -0.0490. The molecule has 1 aliphatic heterocycles. The van der Waals surface area contributed by atoms with E-state index in [0.717, 1.165) is 19.3 Å². The van der Waals surface area contributed by atoms with E-state index in [0.29, 0.717) is 18.1 Å². The maximum absolute atomic E-state index is 12.9. The zero-order valence-electron chi connectivity index (χ0n) is 14.6. The first-order chi connectivity index (χ1) is 12.4. The SMILES string of the molecule is CC1CCCCN1S(=O)(=O)c1cccc(C(=O)Nc2ccc(N)nc2)c1. The lowest BCUT2D eigenvalue weighted by Gasteiger charge is -2.32. The number of sulfonamides is 1. The number of nitrogens with one attached hydrogen (secondary N) is 1. The molecule has 7 nitrogen and oxygen atoms in total. The Morgan fingerprint density at radius 1 is 1.27 bits per heavy atom. The van der Waals surface area contributed by atoms with Gasteiger partial charge in [0.15, 0.2) is 0 Å². The maximum atomic E-state index is 12.9. The topological polar surface area (TPSA) is 105 Å². The lowest BCUT2D eigenvalue weighted by molar-refractivity contribution is 0.102. The quantitative estimate of drug-likeness (QED) is 0.855. The van der Waals surface area contributed by atoms with Crippen LogP contribution in [0.5, 0.6) is 0 Å². The van der Waals surface area contributed by atoms with Crippen LogP contribution >= 0.6 is 0 Å².